The van der Waals surface area contributed by atoms with Crippen LogP contribution in [0.5, 0.6) is 0 Å². The second-order valence-corrected chi connectivity index (χ2v) is 8.88. The molecule has 1 aliphatic rings. The van der Waals surface area contributed by atoms with Crippen LogP contribution in [-0.4, -0.2) is 31.9 Å². The standard InChI is InChI=1S/C25H21F3N6O3/c1-34-21-19(20(29)33-34)17(12-18(32-21)24(9-10-24)22(35)36)13-5-7-15(8-6-13)30-23(37)31-16-4-2-3-14(11-16)25(26,27)28/h2-8,11-12H,9-10H2,1H3,(H2,29,33)(H,35,36)(H2,30,31,37). The third-order valence-electron chi connectivity index (χ3n) is 6.37. The Morgan fingerprint density at radius 3 is 2.35 bits per heavy atom. The van der Waals surface area contributed by atoms with Crippen molar-refractivity contribution in [3.8, 4) is 11.1 Å². The SMILES string of the molecule is Cn1nc(N)c2c(-c3ccc(NC(=O)Nc4cccc(C(F)(F)F)c4)cc3)cc(C3(C(=O)O)CC3)nc21. The van der Waals surface area contributed by atoms with Crippen molar-refractivity contribution >= 4 is 40.2 Å². The molecule has 2 heterocycles. The number of hydrogen-bond acceptors (Lipinski definition) is 5. The number of rotatable bonds is 5. The molecule has 5 rings (SSSR count). The van der Waals surface area contributed by atoms with E-state index in [2.05, 4.69) is 20.7 Å². The Hall–Kier alpha value is -4.61. The summed E-state index contributed by atoms with van der Waals surface area (Å²) in [7, 11) is 1.68. The van der Waals surface area contributed by atoms with E-state index >= 15 is 0 Å². The molecule has 0 aliphatic heterocycles. The number of aryl methyl sites for hydroxylation is 1. The molecule has 5 N–H and O–H groups in total. The van der Waals surface area contributed by atoms with Crippen LogP contribution in [0.25, 0.3) is 22.2 Å². The van der Waals surface area contributed by atoms with E-state index in [0.717, 1.165) is 12.1 Å². The summed E-state index contributed by atoms with van der Waals surface area (Å²) in [4.78, 5) is 28.8. The highest BCUT2D eigenvalue weighted by Gasteiger charge is 2.53. The van der Waals surface area contributed by atoms with Gasteiger partial charge in [0.05, 0.1) is 16.6 Å². The first-order chi connectivity index (χ1) is 17.5. The Kier molecular flexibility index (Phi) is 5.54. The number of anilines is 3. The summed E-state index contributed by atoms with van der Waals surface area (Å²) in [5, 5.41) is 19.5. The number of halogens is 3. The number of aliphatic carboxylic acids is 1. The highest BCUT2D eigenvalue weighted by molar-refractivity contribution is 6.02. The van der Waals surface area contributed by atoms with Gasteiger partial charge in [0, 0.05) is 18.4 Å². The molecule has 1 saturated carbocycles. The zero-order chi connectivity index (χ0) is 26.5. The number of carboxylic acid groups (broad SMARTS) is 1. The Bertz CT molecular complexity index is 1540. The number of alkyl halides is 3. The number of carbonyl (C=O) groups is 2. The molecule has 9 nitrogen and oxygen atoms in total. The Morgan fingerprint density at radius 1 is 1.05 bits per heavy atom. The monoisotopic (exact) mass is 510 g/mol. The molecule has 1 fully saturated rings. The van der Waals surface area contributed by atoms with Gasteiger partial charge in [-0.3, -0.25) is 4.79 Å². The van der Waals surface area contributed by atoms with Gasteiger partial charge in [-0.25, -0.2) is 14.5 Å². The lowest BCUT2D eigenvalue weighted by atomic mass is 9.95. The molecule has 2 aromatic heterocycles. The van der Waals surface area contributed by atoms with Crippen LogP contribution in [0.15, 0.2) is 54.6 Å². The molecule has 2 aromatic carbocycles. The highest BCUT2D eigenvalue weighted by atomic mass is 19.4. The average Bonchev–Trinajstić information content (AvgIpc) is 3.60. The van der Waals surface area contributed by atoms with Gasteiger partial charge in [-0.15, -0.1) is 0 Å². The second-order valence-electron chi connectivity index (χ2n) is 8.88. The lowest BCUT2D eigenvalue weighted by Gasteiger charge is -2.14. The largest absolute Gasteiger partial charge is 0.481 e. The summed E-state index contributed by atoms with van der Waals surface area (Å²) in [6.07, 6.45) is -3.56. The van der Waals surface area contributed by atoms with Crippen LogP contribution in [0.1, 0.15) is 24.1 Å². The predicted octanol–water partition coefficient (Wildman–Crippen LogP) is 5.00. The van der Waals surface area contributed by atoms with Crippen LogP contribution in [-0.2, 0) is 23.4 Å². The smallest absolute Gasteiger partial charge is 0.416 e. The van der Waals surface area contributed by atoms with E-state index in [1.54, 1.807) is 37.4 Å². The van der Waals surface area contributed by atoms with Crippen LogP contribution in [0.4, 0.5) is 35.2 Å². The Morgan fingerprint density at radius 2 is 1.73 bits per heavy atom. The zero-order valence-electron chi connectivity index (χ0n) is 19.4. The van der Waals surface area contributed by atoms with Crippen molar-refractivity contribution in [3.05, 3.63) is 65.9 Å². The molecule has 190 valence electrons. The fraction of sp³-hybridized carbons (Fsp3) is 0.200. The van der Waals surface area contributed by atoms with Crippen molar-refractivity contribution in [3.63, 3.8) is 0 Å². The van der Waals surface area contributed by atoms with Gasteiger partial charge in [0.2, 0.25) is 0 Å². The number of hydrogen-bond donors (Lipinski definition) is 4. The van der Waals surface area contributed by atoms with Crippen LogP contribution in [0, 0.1) is 0 Å². The number of nitrogens with one attached hydrogen (secondary N) is 2. The van der Waals surface area contributed by atoms with Gasteiger partial charge >= 0.3 is 18.2 Å². The molecule has 2 amide bonds. The van der Waals surface area contributed by atoms with Crippen LogP contribution in [0.2, 0.25) is 0 Å². The Labute approximate surface area is 208 Å². The van der Waals surface area contributed by atoms with Gasteiger partial charge in [-0.05, 0) is 60.4 Å². The minimum atomic E-state index is -4.52. The van der Waals surface area contributed by atoms with Crippen molar-refractivity contribution in [2.24, 2.45) is 7.05 Å². The van der Waals surface area contributed by atoms with Crippen molar-refractivity contribution in [2.75, 3.05) is 16.4 Å². The highest BCUT2D eigenvalue weighted by Crippen LogP contribution is 2.49. The molecule has 1 aliphatic carbocycles. The van der Waals surface area contributed by atoms with Gasteiger partial charge < -0.3 is 21.5 Å². The first-order valence-electron chi connectivity index (χ1n) is 11.2. The number of aromatic nitrogens is 3. The number of nitrogens with two attached hydrogens (primary N) is 1. The number of carbonyl (C=O) groups excluding carboxylic acids is 1. The number of nitrogen functional groups attached to an aromatic ring is 1. The quantitative estimate of drug-likeness (QED) is 0.299. The van der Waals surface area contributed by atoms with Crippen LogP contribution >= 0.6 is 0 Å². The number of pyridine rings is 1. The van der Waals surface area contributed by atoms with Gasteiger partial charge in [-0.1, -0.05) is 18.2 Å². The number of amides is 2. The van der Waals surface area contributed by atoms with Gasteiger partial charge in [0.15, 0.2) is 11.5 Å². The molecule has 0 unspecified atom stereocenters. The van der Waals surface area contributed by atoms with Crippen molar-refractivity contribution in [1.29, 1.82) is 0 Å². The summed E-state index contributed by atoms with van der Waals surface area (Å²) in [5.74, 6) is -0.693. The molecule has 0 saturated heterocycles. The van der Waals surface area contributed by atoms with E-state index in [9.17, 15) is 27.9 Å². The lowest BCUT2D eigenvalue weighted by Crippen LogP contribution is -2.21. The topological polar surface area (TPSA) is 135 Å². The van der Waals surface area contributed by atoms with Gasteiger partial charge in [0.1, 0.15) is 5.41 Å². The van der Waals surface area contributed by atoms with E-state index in [1.165, 1.54) is 16.8 Å². The summed E-state index contributed by atoms with van der Waals surface area (Å²) in [6.45, 7) is 0. The van der Waals surface area contributed by atoms with E-state index in [4.69, 9.17) is 5.73 Å². The summed E-state index contributed by atoms with van der Waals surface area (Å²) >= 11 is 0. The number of benzene rings is 2. The van der Waals surface area contributed by atoms with Crippen molar-refractivity contribution < 1.29 is 27.9 Å². The second kappa shape index (κ2) is 8.50. The van der Waals surface area contributed by atoms with Crippen LogP contribution in [0.3, 0.4) is 0 Å². The summed E-state index contributed by atoms with van der Waals surface area (Å²) in [6, 6.07) is 12.0. The molecule has 4 aromatic rings. The van der Waals surface area contributed by atoms with Gasteiger partial charge in [-0.2, -0.15) is 18.3 Å². The first kappa shape index (κ1) is 24.1. The molecule has 0 spiro atoms. The lowest BCUT2D eigenvalue weighted by molar-refractivity contribution is -0.140. The third-order valence-corrected chi connectivity index (χ3v) is 6.37. The molecule has 37 heavy (non-hydrogen) atoms. The fourth-order valence-electron chi connectivity index (χ4n) is 4.25. The molecule has 0 atom stereocenters. The number of carboxylic acids is 1. The number of nitrogens with zero attached hydrogens (tertiary/aromatic N) is 3. The minimum absolute atomic E-state index is 0.00450. The first-order valence-corrected chi connectivity index (χ1v) is 11.2. The Balaban J connectivity index is 1.41. The van der Waals surface area contributed by atoms with E-state index in [-0.39, 0.29) is 11.5 Å². The summed E-state index contributed by atoms with van der Waals surface area (Å²) in [5.41, 5.74) is 6.84. The number of fused-ring (bicyclic) bond motifs is 1. The van der Waals surface area contributed by atoms with Crippen molar-refractivity contribution in [2.45, 2.75) is 24.4 Å². The normalized spacial score (nSPS) is 14.4. The number of urea groups is 1. The van der Waals surface area contributed by atoms with E-state index in [0.29, 0.717) is 46.4 Å². The van der Waals surface area contributed by atoms with E-state index in [1.807, 2.05) is 0 Å². The maximum Gasteiger partial charge on any atom is 0.416 e. The molecular formula is C25H21F3N6O3. The van der Waals surface area contributed by atoms with Crippen LogP contribution < -0.4 is 16.4 Å². The zero-order valence-corrected chi connectivity index (χ0v) is 19.4. The molecule has 0 radical (unpaired) electrons. The minimum Gasteiger partial charge on any atom is -0.481 e. The maximum absolute atomic E-state index is 12.9. The van der Waals surface area contributed by atoms with Crippen molar-refractivity contribution in [1.82, 2.24) is 14.8 Å². The third kappa shape index (κ3) is 4.41. The van der Waals surface area contributed by atoms with Gasteiger partial charge in [0.25, 0.3) is 0 Å². The maximum atomic E-state index is 12.9. The average molecular weight is 510 g/mol. The summed E-state index contributed by atoms with van der Waals surface area (Å²) < 4.78 is 40.2. The molecule has 0 bridgehead atoms. The van der Waals surface area contributed by atoms with E-state index < -0.39 is 29.2 Å². The molecular weight excluding hydrogens is 489 g/mol. The predicted molar refractivity (Wildman–Crippen MR) is 131 cm³/mol. The fourth-order valence-corrected chi connectivity index (χ4v) is 4.25. The molecule has 12 heteroatoms.